The molecular weight excluding hydrogens is 692 g/mol. The molecule has 7 aliphatic rings. The van der Waals surface area contributed by atoms with Gasteiger partial charge in [0.15, 0.2) is 5.78 Å². The first-order valence-electron chi connectivity index (χ1n) is 18.0. The summed E-state index contributed by atoms with van der Waals surface area (Å²) in [5.74, 6) is 1.77. The van der Waals surface area contributed by atoms with Crippen LogP contribution in [-0.2, 0) is 48.2 Å². The van der Waals surface area contributed by atoms with Crippen molar-refractivity contribution >= 4 is 33.4 Å². The second-order valence-corrected chi connectivity index (χ2v) is 15.9. The van der Waals surface area contributed by atoms with Crippen LogP contribution in [0.5, 0.6) is 0 Å². The van der Waals surface area contributed by atoms with Gasteiger partial charge in [0.2, 0.25) is 0 Å². The Kier molecular flexibility index (Phi) is 9.20. The van der Waals surface area contributed by atoms with Crippen molar-refractivity contribution in [1.29, 1.82) is 0 Å². The number of carbonyl (C=O) groups is 2. The number of thiazole rings is 1. The number of fused-ring (bicyclic) bond motifs is 6. The minimum atomic E-state index is -0.594. The summed E-state index contributed by atoms with van der Waals surface area (Å²) in [6.07, 6.45) is 14.3. The predicted octanol–water partition coefficient (Wildman–Crippen LogP) is 2.04. The highest BCUT2D eigenvalue weighted by Crippen LogP contribution is 2.60. The van der Waals surface area contributed by atoms with Crippen molar-refractivity contribution in [3.05, 3.63) is 73.3 Å². The van der Waals surface area contributed by atoms with Crippen molar-refractivity contribution in [3.63, 3.8) is 0 Å². The van der Waals surface area contributed by atoms with Gasteiger partial charge in [-0.15, -0.1) is 11.3 Å². The molecule has 0 N–H and O–H groups in total. The average molecular weight is 735 g/mol. The molecule has 0 bridgehead atoms. The van der Waals surface area contributed by atoms with Crippen LogP contribution in [0, 0.1) is 23.2 Å². The highest BCUT2D eigenvalue weighted by atomic mass is 32.1. The Morgan fingerprint density at radius 3 is 2.00 bits per heavy atom. The van der Waals surface area contributed by atoms with Gasteiger partial charge in [-0.1, -0.05) is 18.6 Å². The second kappa shape index (κ2) is 13.7. The third-order valence-corrected chi connectivity index (χ3v) is 12.4. The Balaban J connectivity index is 0.000000121. The van der Waals surface area contributed by atoms with Crippen LogP contribution < -0.4 is 17.1 Å². The molecule has 10 rings (SSSR count). The number of ether oxygens (including phenoxy) is 4. The second-order valence-electron chi connectivity index (χ2n) is 15.1. The van der Waals surface area contributed by atoms with Crippen LogP contribution in [0.15, 0.2) is 56.2 Å². The van der Waals surface area contributed by atoms with E-state index in [1.165, 1.54) is 23.2 Å². The zero-order valence-electron chi connectivity index (χ0n) is 29.2. The first-order chi connectivity index (χ1) is 25.0. The number of allylic oxidation sites excluding steroid dienone is 4. The molecule has 7 heterocycles. The zero-order valence-corrected chi connectivity index (χ0v) is 30.0. The Morgan fingerprint density at radius 1 is 0.808 bits per heavy atom. The number of carbonyl (C=O) groups excluding carboxylic acids is 2. The van der Waals surface area contributed by atoms with Crippen molar-refractivity contribution in [3.8, 4) is 0 Å². The maximum absolute atomic E-state index is 12.4. The fourth-order valence-electron chi connectivity index (χ4n) is 8.62. The molecule has 0 spiro atoms. The summed E-state index contributed by atoms with van der Waals surface area (Å²) in [4.78, 5) is 73.3. The van der Waals surface area contributed by atoms with E-state index in [4.69, 9.17) is 18.9 Å². The lowest BCUT2D eigenvalue weighted by molar-refractivity contribution is -0.192. The van der Waals surface area contributed by atoms with Crippen LogP contribution >= 0.6 is 11.3 Å². The van der Waals surface area contributed by atoms with Gasteiger partial charge in [-0.05, 0) is 63.0 Å². The van der Waals surface area contributed by atoms with Crippen molar-refractivity contribution in [1.82, 2.24) is 28.7 Å². The van der Waals surface area contributed by atoms with Crippen LogP contribution in [-0.4, -0.2) is 84.1 Å². The average Bonchev–Trinajstić information content (AvgIpc) is 4.02. The lowest BCUT2D eigenvalue weighted by atomic mass is 9.49. The summed E-state index contributed by atoms with van der Waals surface area (Å²) in [6, 6.07) is 0. The van der Waals surface area contributed by atoms with Crippen molar-refractivity contribution in [2.75, 3.05) is 19.8 Å². The number of rotatable bonds is 6. The minimum absolute atomic E-state index is 0.0250. The van der Waals surface area contributed by atoms with Crippen molar-refractivity contribution < 1.29 is 28.5 Å². The van der Waals surface area contributed by atoms with Gasteiger partial charge in [0.25, 0.3) is 0 Å². The maximum atomic E-state index is 12.4. The molecule has 4 aliphatic heterocycles. The van der Waals surface area contributed by atoms with Gasteiger partial charge in [-0.2, -0.15) is 0 Å². The van der Waals surface area contributed by atoms with E-state index in [0.717, 1.165) is 56.2 Å². The molecule has 0 amide bonds. The number of nitrogens with zero attached hydrogens (tertiary/aromatic N) is 6. The molecule has 0 unspecified atom stereocenters. The van der Waals surface area contributed by atoms with Gasteiger partial charge in [0, 0.05) is 17.8 Å². The summed E-state index contributed by atoms with van der Waals surface area (Å²) in [5.41, 5.74) is 1.94. The smallest absolute Gasteiger partial charge is 0.336 e. The number of hydrogen-bond donors (Lipinski definition) is 0. The molecule has 3 aromatic rings. The normalized spacial score (nSPS) is 33.5. The molecule has 0 radical (unpaired) electrons. The Hall–Kier alpha value is -4.12. The number of hydrogen-bond acceptors (Lipinski definition) is 13. The van der Waals surface area contributed by atoms with E-state index in [-0.39, 0.29) is 60.7 Å². The minimum Gasteiger partial charge on any atom is -0.459 e. The van der Waals surface area contributed by atoms with Gasteiger partial charge in [0.05, 0.1) is 69.5 Å². The Labute approximate surface area is 302 Å². The third-order valence-electron chi connectivity index (χ3n) is 11.7. The van der Waals surface area contributed by atoms with Crippen LogP contribution in [0.4, 0.5) is 0 Å². The molecule has 6 fully saturated rings. The van der Waals surface area contributed by atoms with Crippen LogP contribution in [0.25, 0.3) is 10.3 Å². The highest BCUT2D eigenvalue weighted by molar-refractivity contribution is 7.16. The van der Waals surface area contributed by atoms with E-state index in [1.54, 1.807) is 17.8 Å². The van der Waals surface area contributed by atoms with Gasteiger partial charge < -0.3 is 18.9 Å². The highest BCUT2D eigenvalue weighted by Gasteiger charge is 2.56. The first-order valence-corrected chi connectivity index (χ1v) is 18.8. The molecule has 16 heteroatoms. The van der Waals surface area contributed by atoms with E-state index in [2.05, 4.69) is 34.9 Å². The lowest BCUT2D eigenvalue weighted by Crippen LogP contribution is -2.56. The van der Waals surface area contributed by atoms with E-state index in [1.807, 2.05) is 6.08 Å². The van der Waals surface area contributed by atoms with Gasteiger partial charge in [-0.3, -0.25) is 9.59 Å². The van der Waals surface area contributed by atoms with E-state index < -0.39 is 17.1 Å². The van der Waals surface area contributed by atoms with Gasteiger partial charge in [-0.25, -0.2) is 43.0 Å². The number of aromatic nitrogens is 6. The molecule has 2 saturated carbocycles. The van der Waals surface area contributed by atoms with E-state index >= 15 is 0 Å². The standard InChI is InChI=1S/C19H24O3.C12H15N3O6.C5H3N3S/c1-18-9-7-13(20)11-12(18)3-4-14-15(18)8-10-19(2)16(14)5-6-17(21)22-19;16-10-13(1-7-4-19-7)11(17)15(3-9-6-21-9)12(18)14(10)2-8-5-20-8;1-4-5(7-2-6-1)9-3-8-4/h7,9,11,14-16H,3-6,8,10H2,1-2H3;7-9H,1-6H2;1-3H/t14-,15+,16+,18+,19+;7-,8-,9+;/m10./s1. The van der Waals surface area contributed by atoms with E-state index in [0.29, 0.717) is 44.0 Å². The molecule has 276 valence electrons. The molecule has 15 nitrogen and oxygen atoms in total. The Morgan fingerprint density at radius 2 is 1.42 bits per heavy atom. The fourth-order valence-corrected chi connectivity index (χ4v) is 9.22. The summed E-state index contributed by atoms with van der Waals surface area (Å²) in [6.45, 7) is 6.56. The van der Waals surface area contributed by atoms with Crippen LogP contribution in [0.3, 0.4) is 0 Å². The molecular formula is C36H42N6O9S. The number of esters is 1. The van der Waals surface area contributed by atoms with Crippen molar-refractivity contribution in [2.45, 2.75) is 95.9 Å². The summed E-state index contributed by atoms with van der Waals surface area (Å²) >= 11 is 1.53. The Bertz CT molecular complexity index is 1960. The maximum Gasteiger partial charge on any atom is 0.336 e. The summed E-state index contributed by atoms with van der Waals surface area (Å²) in [5, 5.41) is 0. The van der Waals surface area contributed by atoms with Crippen molar-refractivity contribution in [2.24, 2.45) is 23.2 Å². The monoisotopic (exact) mass is 734 g/mol. The largest absolute Gasteiger partial charge is 0.459 e. The quantitative estimate of drug-likeness (QED) is 0.266. The molecule has 3 aliphatic carbocycles. The van der Waals surface area contributed by atoms with E-state index in [9.17, 15) is 24.0 Å². The van der Waals surface area contributed by atoms with Crippen LogP contribution in [0.2, 0.25) is 0 Å². The topological polar surface area (TPSA) is 186 Å². The molecule has 8 atom stereocenters. The molecule has 4 saturated heterocycles. The number of epoxide rings is 3. The van der Waals surface area contributed by atoms with Gasteiger partial charge >= 0.3 is 23.0 Å². The van der Waals surface area contributed by atoms with Crippen LogP contribution in [0.1, 0.15) is 52.4 Å². The molecule has 52 heavy (non-hydrogen) atoms. The lowest BCUT2D eigenvalue weighted by Gasteiger charge is -2.58. The number of ketones is 1. The third kappa shape index (κ3) is 7.00. The molecule has 3 aromatic heterocycles. The predicted molar refractivity (Wildman–Crippen MR) is 187 cm³/mol. The SMILES string of the molecule is C[C@]12C=CC(=O)C=C1CC[C@@H]1[C@@H]2CC[C@]2(C)OC(=O)CC[C@@H]12.O=c1n(C[C@H]2CO2)c(=O)n(C[C@@H]2CO2)c(=O)n1C[C@H]1CO1.c1ncc2ncsc2n1. The first kappa shape index (κ1) is 34.9. The summed E-state index contributed by atoms with van der Waals surface area (Å²) in [7, 11) is 0. The summed E-state index contributed by atoms with van der Waals surface area (Å²) < 4.78 is 24.2. The van der Waals surface area contributed by atoms with Gasteiger partial charge in [0.1, 0.15) is 22.3 Å². The fraction of sp³-hybridized carbons (Fsp3) is 0.611. The zero-order chi connectivity index (χ0) is 36.2. The molecule has 0 aromatic carbocycles.